The monoisotopic (exact) mass is 420 g/mol. The van der Waals surface area contributed by atoms with Crippen LogP contribution >= 0.6 is 28.3 Å². The van der Waals surface area contributed by atoms with Gasteiger partial charge in [0.15, 0.2) is 11.5 Å². The van der Waals surface area contributed by atoms with Crippen molar-refractivity contribution < 1.29 is 14.3 Å². The number of ether oxygens (including phenoxy) is 2. The van der Waals surface area contributed by atoms with E-state index in [-0.39, 0.29) is 24.4 Å². The van der Waals surface area contributed by atoms with Crippen LogP contribution in [0.15, 0.2) is 16.6 Å². The third kappa shape index (κ3) is 5.26. The molecule has 0 unspecified atom stereocenters. The number of benzene rings is 1. The van der Waals surface area contributed by atoms with Crippen molar-refractivity contribution in [2.24, 2.45) is 0 Å². The van der Waals surface area contributed by atoms with Crippen LogP contribution in [0.5, 0.6) is 11.5 Å². The Bertz CT molecular complexity index is 557. The van der Waals surface area contributed by atoms with E-state index in [0.29, 0.717) is 31.1 Å². The van der Waals surface area contributed by atoms with Crippen LogP contribution in [0, 0.1) is 0 Å². The first-order valence-electron chi connectivity index (χ1n) is 8.15. The number of rotatable bonds is 6. The van der Waals surface area contributed by atoms with Gasteiger partial charge >= 0.3 is 0 Å². The van der Waals surface area contributed by atoms with E-state index >= 15 is 0 Å². The molecule has 1 fully saturated rings. The molecule has 1 amide bonds. The van der Waals surface area contributed by atoms with E-state index in [9.17, 15) is 4.79 Å². The summed E-state index contributed by atoms with van der Waals surface area (Å²) in [4.78, 5) is 14.6. The fourth-order valence-electron chi connectivity index (χ4n) is 2.73. The molecule has 136 valence electrons. The summed E-state index contributed by atoms with van der Waals surface area (Å²) in [6.07, 6.45) is 0.359. The Kier molecular flexibility index (Phi) is 8.87. The Morgan fingerprint density at radius 1 is 1.29 bits per heavy atom. The van der Waals surface area contributed by atoms with Gasteiger partial charge in [-0.15, -0.1) is 12.4 Å². The molecule has 1 aromatic rings. The van der Waals surface area contributed by atoms with Crippen LogP contribution in [0.1, 0.15) is 26.3 Å². The highest BCUT2D eigenvalue weighted by Crippen LogP contribution is 2.34. The van der Waals surface area contributed by atoms with E-state index in [1.54, 1.807) is 0 Å². The number of piperazine rings is 1. The van der Waals surface area contributed by atoms with Crippen LogP contribution in [-0.4, -0.2) is 49.7 Å². The molecule has 0 saturated carbocycles. The molecular formula is C17H26BrClN2O3. The van der Waals surface area contributed by atoms with Crippen molar-refractivity contribution >= 4 is 34.2 Å². The maximum atomic E-state index is 12.6. The van der Waals surface area contributed by atoms with Gasteiger partial charge < -0.3 is 19.7 Å². The molecule has 0 spiro atoms. The normalized spacial score (nSPS) is 17.2. The smallest absolute Gasteiger partial charge is 0.227 e. The van der Waals surface area contributed by atoms with Gasteiger partial charge in [0.2, 0.25) is 5.91 Å². The molecule has 1 aliphatic heterocycles. The number of amides is 1. The number of nitrogens with zero attached hydrogens (tertiary/aromatic N) is 1. The van der Waals surface area contributed by atoms with Gasteiger partial charge in [0, 0.05) is 30.1 Å². The van der Waals surface area contributed by atoms with Gasteiger partial charge in [-0.3, -0.25) is 4.79 Å². The summed E-state index contributed by atoms with van der Waals surface area (Å²) in [5.74, 6) is 1.54. The van der Waals surface area contributed by atoms with E-state index < -0.39 is 0 Å². The molecule has 1 saturated heterocycles. The second-order valence-electron chi connectivity index (χ2n) is 5.57. The molecule has 5 nitrogen and oxygen atoms in total. The van der Waals surface area contributed by atoms with Crippen LogP contribution in [0.25, 0.3) is 0 Å². The summed E-state index contributed by atoms with van der Waals surface area (Å²) in [6.45, 7) is 9.53. The average Bonchev–Trinajstić information content (AvgIpc) is 2.52. The summed E-state index contributed by atoms with van der Waals surface area (Å²) in [7, 11) is 0. The van der Waals surface area contributed by atoms with Crippen molar-refractivity contribution in [2.45, 2.75) is 33.2 Å². The molecule has 7 heteroatoms. The molecule has 2 rings (SSSR count). The summed E-state index contributed by atoms with van der Waals surface area (Å²) in [6, 6.07) is 4.02. The van der Waals surface area contributed by atoms with Crippen molar-refractivity contribution in [3.8, 4) is 11.5 Å². The molecule has 1 aromatic carbocycles. The number of carbonyl (C=O) groups excluding carboxylic acids is 1. The summed E-state index contributed by atoms with van der Waals surface area (Å²) >= 11 is 3.55. The Balaban J connectivity index is 0.00000288. The first kappa shape index (κ1) is 21.1. The standard InChI is InChI=1S/C17H25BrN2O3.ClH/c1-4-22-15-8-13(14(18)10-16(15)23-5-2)9-17(21)20-7-6-19-11-12(20)3;/h8,10,12,19H,4-7,9,11H2,1-3H3;1H/t12-;/m1./s1. The van der Waals surface area contributed by atoms with Crippen molar-refractivity contribution in [1.82, 2.24) is 10.2 Å². The Morgan fingerprint density at radius 3 is 2.50 bits per heavy atom. The zero-order valence-electron chi connectivity index (χ0n) is 14.4. The van der Waals surface area contributed by atoms with E-state index in [4.69, 9.17) is 9.47 Å². The fourth-order valence-corrected chi connectivity index (χ4v) is 3.19. The number of hydrogen-bond donors (Lipinski definition) is 1. The first-order chi connectivity index (χ1) is 11.1. The highest BCUT2D eigenvalue weighted by Gasteiger charge is 2.24. The maximum Gasteiger partial charge on any atom is 0.227 e. The molecule has 0 aliphatic carbocycles. The second-order valence-corrected chi connectivity index (χ2v) is 6.43. The number of carbonyl (C=O) groups is 1. The zero-order valence-corrected chi connectivity index (χ0v) is 16.8. The third-order valence-corrected chi connectivity index (χ3v) is 4.61. The fraction of sp³-hybridized carbons (Fsp3) is 0.588. The third-order valence-electron chi connectivity index (χ3n) is 3.88. The topological polar surface area (TPSA) is 50.8 Å². The van der Waals surface area contributed by atoms with E-state index in [0.717, 1.165) is 29.7 Å². The molecule has 24 heavy (non-hydrogen) atoms. The summed E-state index contributed by atoms with van der Waals surface area (Å²) in [5, 5.41) is 3.30. The molecule has 0 bridgehead atoms. The Morgan fingerprint density at radius 2 is 1.92 bits per heavy atom. The van der Waals surface area contributed by atoms with Crippen LogP contribution < -0.4 is 14.8 Å². The van der Waals surface area contributed by atoms with Crippen LogP contribution in [0.2, 0.25) is 0 Å². The lowest BCUT2D eigenvalue weighted by Gasteiger charge is -2.34. The lowest BCUT2D eigenvalue weighted by atomic mass is 10.1. The molecule has 0 aromatic heterocycles. The lowest BCUT2D eigenvalue weighted by Crippen LogP contribution is -2.52. The predicted octanol–water partition coefficient (Wildman–Crippen LogP) is 3.03. The van der Waals surface area contributed by atoms with Crippen molar-refractivity contribution in [3.63, 3.8) is 0 Å². The van der Waals surface area contributed by atoms with E-state index in [1.165, 1.54) is 0 Å². The molecule has 1 heterocycles. The minimum absolute atomic E-state index is 0. The minimum Gasteiger partial charge on any atom is -0.490 e. The van der Waals surface area contributed by atoms with Crippen LogP contribution in [-0.2, 0) is 11.2 Å². The molecular weight excluding hydrogens is 396 g/mol. The SMILES string of the molecule is CCOc1cc(Br)c(CC(=O)N2CCNC[C@H]2C)cc1OCC.Cl. The highest BCUT2D eigenvalue weighted by molar-refractivity contribution is 9.10. The quantitative estimate of drug-likeness (QED) is 0.767. The Labute approximate surface area is 158 Å². The summed E-state index contributed by atoms with van der Waals surface area (Å²) < 4.78 is 12.1. The first-order valence-corrected chi connectivity index (χ1v) is 8.94. The van der Waals surface area contributed by atoms with Gasteiger partial charge in [-0.2, -0.15) is 0 Å². The van der Waals surface area contributed by atoms with Crippen molar-refractivity contribution in [1.29, 1.82) is 0 Å². The minimum atomic E-state index is 0. The number of halogens is 2. The molecule has 1 aliphatic rings. The predicted molar refractivity (Wildman–Crippen MR) is 101 cm³/mol. The van der Waals surface area contributed by atoms with Crippen LogP contribution in [0.4, 0.5) is 0 Å². The van der Waals surface area contributed by atoms with Gasteiger partial charge in [-0.05, 0) is 38.5 Å². The van der Waals surface area contributed by atoms with E-state index in [1.807, 2.05) is 30.9 Å². The maximum absolute atomic E-state index is 12.6. The van der Waals surface area contributed by atoms with Gasteiger partial charge in [-0.25, -0.2) is 0 Å². The van der Waals surface area contributed by atoms with Gasteiger partial charge in [-0.1, -0.05) is 15.9 Å². The van der Waals surface area contributed by atoms with Gasteiger partial charge in [0.25, 0.3) is 0 Å². The van der Waals surface area contributed by atoms with Gasteiger partial charge in [0.05, 0.1) is 19.6 Å². The lowest BCUT2D eigenvalue weighted by molar-refractivity contribution is -0.133. The summed E-state index contributed by atoms with van der Waals surface area (Å²) in [5.41, 5.74) is 0.924. The molecule has 0 radical (unpaired) electrons. The zero-order chi connectivity index (χ0) is 16.8. The largest absolute Gasteiger partial charge is 0.490 e. The van der Waals surface area contributed by atoms with Crippen LogP contribution in [0.3, 0.4) is 0 Å². The molecule has 1 N–H and O–H groups in total. The second kappa shape index (κ2) is 10.1. The number of nitrogens with one attached hydrogen (secondary N) is 1. The van der Waals surface area contributed by atoms with Gasteiger partial charge in [0.1, 0.15) is 0 Å². The highest BCUT2D eigenvalue weighted by atomic mass is 79.9. The van der Waals surface area contributed by atoms with E-state index in [2.05, 4.69) is 28.2 Å². The number of hydrogen-bond acceptors (Lipinski definition) is 4. The Hall–Kier alpha value is -0.980. The van der Waals surface area contributed by atoms with Crippen molar-refractivity contribution in [2.75, 3.05) is 32.8 Å². The van der Waals surface area contributed by atoms with Crippen molar-refractivity contribution in [3.05, 3.63) is 22.2 Å². The molecule has 1 atom stereocenters. The average molecular weight is 422 g/mol.